The predicted molar refractivity (Wildman–Crippen MR) is 74.8 cm³/mol. The van der Waals surface area contributed by atoms with Gasteiger partial charge in [0.25, 0.3) is 0 Å². The van der Waals surface area contributed by atoms with Crippen LogP contribution in [-0.4, -0.2) is 31.5 Å². The van der Waals surface area contributed by atoms with Gasteiger partial charge in [-0.1, -0.05) is 6.92 Å². The topological polar surface area (TPSA) is 97.1 Å². The van der Waals surface area contributed by atoms with Crippen LogP contribution in [0.1, 0.15) is 13.3 Å². The zero-order chi connectivity index (χ0) is 13.6. The van der Waals surface area contributed by atoms with Crippen LogP contribution in [-0.2, 0) is 10.0 Å². The predicted octanol–water partition coefficient (Wildman–Crippen LogP) is 0.787. The Hall–Kier alpha value is -0.830. The Morgan fingerprint density at radius 2 is 2.28 bits per heavy atom. The summed E-state index contributed by atoms with van der Waals surface area (Å²) in [5.41, 5.74) is 2.28. The molecule has 1 rings (SSSR count). The first kappa shape index (κ1) is 15.2. The summed E-state index contributed by atoms with van der Waals surface area (Å²) in [4.78, 5) is 3.92. The number of hydrogen-bond donors (Lipinski definition) is 3. The van der Waals surface area contributed by atoms with Crippen molar-refractivity contribution in [3.63, 3.8) is 0 Å². The minimum atomic E-state index is -3.57. The lowest BCUT2D eigenvalue weighted by Crippen LogP contribution is -2.27. The molecule has 0 aliphatic heterocycles. The van der Waals surface area contributed by atoms with Crippen molar-refractivity contribution >= 4 is 27.6 Å². The van der Waals surface area contributed by atoms with E-state index in [1.807, 2.05) is 6.26 Å². The van der Waals surface area contributed by atoms with Crippen LogP contribution in [0, 0.1) is 0 Å². The number of rotatable bonds is 7. The Bertz CT molecular complexity index is 479. The van der Waals surface area contributed by atoms with Gasteiger partial charge in [0.1, 0.15) is 4.90 Å². The second kappa shape index (κ2) is 6.93. The van der Waals surface area contributed by atoms with E-state index in [0.717, 1.165) is 6.42 Å². The van der Waals surface area contributed by atoms with Gasteiger partial charge in [-0.2, -0.15) is 11.8 Å². The number of nitrogen functional groups attached to an aromatic ring is 1. The minimum absolute atomic E-state index is 0.0595. The SMILES string of the molecule is CSC(C)CCNS(=O)(=O)c1cccnc1NN. The molecule has 0 saturated heterocycles. The minimum Gasteiger partial charge on any atom is -0.307 e. The van der Waals surface area contributed by atoms with Crippen LogP contribution >= 0.6 is 11.8 Å². The first-order valence-corrected chi connectivity index (χ1v) is 8.22. The molecule has 102 valence electrons. The van der Waals surface area contributed by atoms with Gasteiger partial charge in [-0.15, -0.1) is 0 Å². The van der Waals surface area contributed by atoms with Crippen LogP contribution in [0.3, 0.4) is 0 Å². The first-order valence-electron chi connectivity index (χ1n) is 5.45. The summed E-state index contributed by atoms with van der Waals surface area (Å²) in [5, 5.41) is 0.411. The molecule has 1 unspecified atom stereocenters. The molecule has 0 aliphatic rings. The maximum Gasteiger partial charge on any atom is 0.244 e. The molecule has 0 aliphatic carbocycles. The zero-order valence-corrected chi connectivity index (χ0v) is 12.0. The van der Waals surface area contributed by atoms with Crippen molar-refractivity contribution in [3.05, 3.63) is 18.3 Å². The summed E-state index contributed by atoms with van der Waals surface area (Å²) in [6.45, 7) is 2.44. The third-order valence-corrected chi connectivity index (χ3v) is 4.98. The number of nitrogens with one attached hydrogen (secondary N) is 2. The monoisotopic (exact) mass is 290 g/mol. The Morgan fingerprint density at radius 3 is 2.89 bits per heavy atom. The number of pyridine rings is 1. The summed E-state index contributed by atoms with van der Waals surface area (Å²) in [7, 11) is -3.57. The molecule has 18 heavy (non-hydrogen) atoms. The van der Waals surface area contributed by atoms with Gasteiger partial charge >= 0.3 is 0 Å². The van der Waals surface area contributed by atoms with Crippen molar-refractivity contribution in [1.29, 1.82) is 0 Å². The molecule has 0 spiro atoms. The van der Waals surface area contributed by atoms with Gasteiger partial charge in [0.15, 0.2) is 5.82 Å². The van der Waals surface area contributed by atoms with Crippen molar-refractivity contribution in [2.45, 2.75) is 23.5 Å². The van der Waals surface area contributed by atoms with Crippen molar-refractivity contribution in [1.82, 2.24) is 9.71 Å². The molecule has 0 amide bonds. The maximum atomic E-state index is 12.0. The van der Waals surface area contributed by atoms with E-state index in [-0.39, 0.29) is 10.7 Å². The van der Waals surface area contributed by atoms with Gasteiger partial charge in [-0.3, -0.25) is 0 Å². The quantitative estimate of drug-likeness (QED) is 0.507. The highest BCUT2D eigenvalue weighted by atomic mass is 32.2. The Balaban J connectivity index is 2.74. The molecule has 1 heterocycles. The fraction of sp³-hybridized carbons (Fsp3) is 0.500. The van der Waals surface area contributed by atoms with Gasteiger partial charge in [-0.25, -0.2) is 24.0 Å². The highest BCUT2D eigenvalue weighted by Crippen LogP contribution is 2.17. The molecule has 1 aromatic rings. The number of anilines is 1. The summed E-state index contributed by atoms with van der Waals surface area (Å²) in [5.74, 6) is 5.38. The van der Waals surface area contributed by atoms with Crippen LogP contribution in [0.15, 0.2) is 23.2 Å². The van der Waals surface area contributed by atoms with Crippen LogP contribution in [0.25, 0.3) is 0 Å². The Kier molecular flexibility index (Phi) is 5.86. The molecule has 8 heteroatoms. The highest BCUT2D eigenvalue weighted by Gasteiger charge is 2.18. The van der Waals surface area contributed by atoms with E-state index in [9.17, 15) is 8.42 Å². The lowest BCUT2D eigenvalue weighted by atomic mass is 10.3. The highest BCUT2D eigenvalue weighted by molar-refractivity contribution is 7.99. The van der Waals surface area contributed by atoms with Gasteiger partial charge < -0.3 is 5.43 Å². The number of aromatic nitrogens is 1. The van der Waals surface area contributed by atoms with Crippen molar-refractivity contribution in [2.24, 2.45) is 5.84 Å². The summed E-state index contributed by atoms with van der Waals surface area (Å²) >= 11 is 1.70. The van der Waals surface area contributed by atoms with Gasteiger partial charge in [-0.05, 0) is 24.8 Å². The number of sulfonamides is 1. The average Bonchev–Trinajstić information content (AvgIpc) is 2.38. The number of hydrazine groups is 1. The molecule has 0 fully saturated rings. The molecular formula is C10H18N4O2S2. The largest absolute Gasteiger partial charge is 0.307 e. The molecular weight excluding hydrogens is 272 g/mol. The van der Waals surface area contributed by atoms with E-state index in [1.165, 1.54) is 12.3 Å². The third-order valence-electron chi connectivity index (χ3n) is 2.44. The fourth-order valence-corrected chi connectivity index (χ4v) is 2.83. The van der Waals surface area contributed by atoms with E-state index in [2.05, 4.69) is 22.1 Å². The smallest absolute Gasteiger partial charge is 0.244 e. The van der Waals surface area contributed by atoms with Crippen LogP contribution in [0.2, 0.25) is 0 Å². The average molecular weight is 290 g/mol. The standard InChI is InChI=1S/C10H18N4O2S2/c1-8(17-2)5-7-13-18(15,16)9-4-3-6-12-10(9)14-11/h3-4,6,8,13H,5,7,11H2,1-2H3,(H,12,14). The van der Waals surface area contributed by atoms with E-state index in [4.69, 9.17) is 5.84 Å². The first-order chi connectivity index (χ1) is 8.51. The maximum absolute atomic E-state index is 12.0. The van der Waals surface area contributed by atoms with Gasteiger partial charge in [0.05, 0.1) is 0 Å². The van der Waals surface area contributed by atoms with E-state index in [1.54, 1.807) is 17.8 Å². The second-order valence-electron chi connectivity index (χ2n) is 3.73. The van der Waals surface area contributed by atoms with E-state index >= 15 is 0 Å². The zero-order valence-electron chi connectivity index (χ0n) is 10.4. The Morgan fingerprint density at radius 1 is 1.56 bits per heavy atom. The van der Waals surface area contributed by atoms with Crippen molar-refractivity contribution < 1.29 is 8.42 Å². The molecule has 1 aromatic heterocycles. The summed E-state index contributed by atoms with van der Waals surface area (Å²) in [6.07, 6.45) is 4.24. The molecule has 1 atom stereocenters. The number of hydrogen-bond acceptors (Lipinski definition) is 6. The van der Waals surface area contributed by atoms with Crippen LogP contribution < -0.4 is 16.0 Å². The van der Waals surface area contributed by atoms with Crippen LogP contribution in [0.5, 0.6) is 0 Å². The Labute approximate surface area is 112 Å². The normalized spacial score (nSPS) is 13.3. The van der Waals surface area contributed by atoms with E-state index in [0.29, 0.717) is 11.8 Å². The molecule has 0 radical (unpaired) electrons. The second-order valence-corrected chi connectivity index (χ2v) is 6.74. The van der Waals surface area contributed by atoms with Crippen molar-refractivity contribution in [2.75, 3.05) is 18.2 Å². The number of thioether (sulfide) groups is 1. The fourth-order valence-electron chi connectivity index (χ4n) is 1.31. The third kappa shape index (κ3) is 4.13. The van der Waals surface area contributed by atoms with Crippen molar-refractivity contribution in [3.8, 4) is 0 Å². The summed E-state index contributed by atoms with van der Waals surface area (Å²) < 4.78 is 26.6. The van der Waals surface area contributed by atoms with Gasteiger partial charge in [0, 0.05) is 18.0 Å². The molecule has 0 aromatic carbocycles. The lowest BCUT2D eigenvalue weighted by molar-refractivity contribution is 0.579. The number of nitrogens with two attached hydrogens (primary N) is 1. The number of nitrogens with zero attached hydrogens (tertiary/aromatic N) is 1. The van der Waals surface area contributed by atoms with E-state index < -0.39 is 10.0 Å². The molecule has 6 nitrogen and oxygen atoms in total. The summed E-state index contributed by atoms with van der Waals surface area (Å²) in [6, 6.07) is 3.02. The lowest BCUT2D eigenvalue weighted by Gasteiger charge is -2.11. The molecule has 4 N–H and O–H groups in total. The van der Waals surface area contributed by atoms with Crippen LogP contribution in [0.4, 0.5) is 5.82 Å². The molecule has 0 saturated carbocycles. The molecule has 0 bridgehead atoms. The van der Waals surface area contributed by atoms with Gasteiger partial charge in [0.2, 0.25) is 10.0 Å².